The summed E-state index contributed by atoms with van der Waals surface area (Å²) in [5.41, 5.74) is 2.41. The molecule has 4 nitrogen and oxygen atoms in total. The molecule has 0 unspecified atom stereocenters. The van der Waals surface area contributed by atoms with E-state index < -0.39 is 0 Å². The molecule has 0 spiro atoms. The zero-order valence-electron chi connectivity index (χ0n) is 9.09. The van der Waals surface area contributed by atoms with Gasteiger partial charge in [0.2, 0.25) is 5.91 Å². The second-order valence-corrected chi connectivity index (χ2v) is 4.14. The van der Waals surface area contributed by atoms with Gasteiger partial charge >= 0.3 is 0 Å². The zero-order chi connectivity index (χ0) is 10.3. The van der Waals surface area contributed by atoms with E-state index in [-0.39, 0.29) is 5.91 Å². The molecule has 0 fully saturated rings. The highest BCUT2D eigenvalue weighted by Crippen LogP contribution is 1.89. The van der Waals surface area contributed by atoms with Gasteiger partial charge in [0.25, 0.3) is 0 Å². The average Bonchev–Trinajstić information content (AvgIpc) is 1.97. The minimum Gasteiger partial charge on any atom is -0.329 e. The molecule has 1 amide bonds. The van der Waals surface area contributed by atoms with E-state index in [0.717, 1.165) is 17.4 Å². The van der Waals surface area contributed by atoms with Crippen LogP contribution >= 0.6 is 0 Å². The van der Waals surface area contributed by atoms with Crippen LogP contribution in [0, 0.1) is 0 Å². The molecule has 13 heavy (non-hydrogen) atoms. The van der Waals surface area contributed by atoms with Gasteiger partial charge < -0.3 is 4.48 Å². The quantitative estimate of drug-likeness (QED) is 0.376. The Morgan fingerprint density at radius 2 is 2.00 bits per heavy atom. The molecule has 0 rings (SSSR count). The van der Waals surface area contributed by atoms with Gasteiger partial charge in [0.05, 0.1) is 21.1 Å². The van der Waals surface area contributed by atoms with Gasteiger partial charge in [-0.2, -0.15) is 0 Å². The van der Waals surface area contributed by atoms with Gasteiger partial charge in [-0.25, -0.2) is 5.48 Å². The first kappa shape index (κ1) is 12.4. The fraction of sp³-hybridized carbons (Fsp3) is 0.889. The average molecular weight is 189 g/mol. The van der Waals surface area contributed by atoms with Crippen LogP contribution in [0.4, 0.5) is 0 Å². The summed E-state index contributed by atoms with van der Waals surface area (Å²) in [6, 6.07) is 0. The van der Waals surface area contributed by atoms with Gasteiger partial charge in [0.1, 0.15) is 13.2 Å². The minimum atomic E-state index is -0.0380. The number of carbonyl (C=O) groups excluding carboxylic acids is 1. The molecule has 0 aliphatic heterocycles. The van der Waals surface area contributed by atoms with Crippen molar-refractivity contribution >= 4 is 5.91 Å². The van der Waals surface area contributed by atoms with Crippen molar-refractivity contribution in [2.24, 2.45) is 0 Å². The Morgan fingerprint density at radius 3 is 2.46 bits per heavy atom. The van der Waals surface area contributed by atoms with Crippen LogP contribution in [0.15, 0.2) is 0 Å². The number of hydroxylamine groups is 1. The van der Waals surface area contributed by atoms with Gasteiger partial charge in [-0.3, -0.25) is 9.63 Å². The van der Waals surface area contributed by atoms with E-state index in [1.54, 1.807) is 0 Å². The Morgan fingerprint density at radius 1 is 1.38 bits per heavy atom. The molecular formula is C9H21N2O2+. The molecule has 0 aliphatic rings. The summed E-state index contributed by atoms with van der Waals surface area (Å²) in [6.07, 6.45) is 1.38. The Hall–Kier alpha value is -0.610. The van der Waals surface area contributed by atoms with Gasteiger partial charge in [-0.05, 0) is 6.42 Å². The van der Waals surface area contributed by atoms with E-state index in [9.17, 15) is 4.79 Å². The molecule has 0 aromatic rings. The lowest BCUT2D eigenvalue weighted by Gasteiger charge is -2.23. The summed E-state index contributed by atoms with van der Waals surface area (Å²) in [6.45, 7) is 3.40. The first-order valence-corrected chi connectivity index (χ1v) is 4.67. The molecule has 0 bridgehead atoms. The summed E-state index contributed by atoms with van der Waals surface area (Å²) in [4.78, 5) is 15.9. The number of hydrogen-bond acceptors (Lipinski definition) is 2. The molecule has 1 N–H and O–H groups in total. The first-order valence-electron chi connectivity index (χ1n) is 4.67. The Kier molecular flexibility index (Phi) is 5.66. The fourth-order valence-electron chi connectivity index (χ4n) is 0.729. The van der Waals surface area contributed by atoms with Crippen molar-refractivity contribution in [3.63, 3.8) is 0 Å². The Labute approximate surface area is 80.4 Å². The summed E-state index contributed by atoms with van der Waals surface area (Å²) < 4.78 is 0.837. The third-order valence-corrected chi connectivity index (χ3v) is 1.53. The van der Waals surface area contributed by atoms with Crippen LogP contribution in [-0.2, 0) is 9.63 Å². The molecule has 0 aliphatic carbocycles. The number of rotatable bonds is 6. The predicted molar refractivity (Wildman–Crippen MR) is 51.9 cm³/mol. The van der Waals surface area contributed by atoms with Gasteiger partial charge in [-0.1, -0.05) is 6.92 Å². The zero-order valence-corrected chi connectivity index (χ0v) is 9.09. The Balaban J connectivity index is 3.31. The number of amides is 1. The maximum absolute atomic E-state index is 10.9. The molecule has 0 aromatic carbocycles. The van der Waals surface area contributed by atoms with E-state index in [0.29, 0.717) is 13.0 Å². The third-order valence-electron chi connectivity index (χ3n) is 1.53. The number of likely N-dealkylation sites (N-methyl/N-ethyl adjacent to an activating group) is 1. The normalized spacial score (nSPS) is 11.4. The van der Waals surface area contributed by atoms with Crippen LogP contribution < -0.4 is 5.48 Å². The summed E-state index contributed by atoms with van der Waals surface area (Å²) >= 11 is 0. The maximum Gasteiger partial charge on any atom is 0.243 e. The monoisotopic (exact) mass is 189 g/mol. The second-order valence-electron chi connectivity index (χ2n) is 4.14. The number of quaternary nitrogens is 1. The highest BCUT2D eigenvalue weighted by Gasteiger charge is 2.06. The van der Waals surface area contributed by atoms with Crippen molar-refractivity contribution in [2.75, 3.05) is 34.3 Å². The van der Waals surface area contributed by atoms with Crippen molar-refractivity contribution in [1.29, 1.82) is 0 Å². The number of nitrogens with zero attached hydrogens (tertiary/aromatic N) is 1. The molecule has 0 heterocycles. The van der Waals surface area contributed by atoms with Crippen LogP contribution in [0.25, 0.3) is 0 Å². The first-order chi connectivity index (χ1) is 5.95. The highest BCUT2D eigenvalue weighted by molar-refractivity contribution is 5.74. The molecule has 0 atom stereocenters. The summed E-state index contributed by atoms with van der Waals surface area (Å²) in [5.74, 6) is -0.0380. The van der Waals surface area contributed by atoms with Crippen molar-refractivity contribution in [3.05, 3.63) is 0 Å². The SMILES string of the molecule is CCCC(=O)NOCC[N+](C)(C)C. The molecule has 0 aromatic heterocycles. The lowest BCUT2D eigenvalue weighted by atomic mass is 10.3. The van der Waals surface area contributed by atoms with Gasteiger partial charge in [0, 0.05) is 6.42 Å². The van der Waals surface area contributed by atoms with Gasteiger partial charge in [-0.15, -0.1) is 0 Å². The standard InChI is InChI=1S/C9H20N2O2/c1-5-6-9(12)10-13-8-7-11(2,3)4/h5-8H2,1-4H3/p+1. The van der Waals surface area contributed by atoms with E-state index in [1.165, 1.54) is 0 Å². The number of hydrogen-bond donors (Lipinski definition) is 1. The van der Waals surface area contributed by atoms with Crippen LogP contribution in [-0.4, -0.2) is 44.7 Å². The predicted octanol–water partition coefficient (Wildman–Crippen LogP) is 0.540. The van der Waals surface area contributed by atoms with Crippen LogP contribution in [0.2, 0.25) is 0 Å². The topological polar surface area (TPSA) is 38.3 Å². The molecule has 0 saturated carbocycles. The third kappa shape index (κ3) is 9.30. The number of nitrogens with one attached hydrogen (secondary N) is 1. The fourth-order valence-corrected chi connectivity index (χ4v) is 0.729. The number of carbonyl (C=O) groups is 1. The van der Waals surface area contributed by atoms with E-state index in [1.807, 2.05) is 6.92 Å². The van der Waals surface area contributed by atoms with Crippen molar-refractivity contribution in [3.8, 4) is 0 Å². The molecule has 0 radical (unpaired) electrons. The molecular weight excluding hydrogens is 168 g/mol. The van der Waals surface area contributed by atoms with E-state index >= 15 is 0 Å². The van der Waals surface area contributed by atoms with Gasteiger partial charge in [0.15, 0.2) is 0 Å². The van der Waals surface area contributed by atoms with E-state index in [4.69, 9.17) is 4.84 Å². The molecule has 4 heteroatoms. The van der Waals surface area contributed by atoms with E-state index in [2.05, 4.69) is 26.6 Å². The van der Waals surface area contributed by atoms with Crippen LogP contribution in [0.1, 0.15) is 19.8 Å². The second kappa shape index (κ2) is 5.94. The maximum atomic E-state index is 10.9. The summed E-state index contributed by atoms with van der Waals surface area (Å²) in [7, 11) is 6.24. The molecule has 0 saturated heterocycles. The lowest BCUT2D eigenvalue weighted by molar-refractivity contribution is -0.870. The smallest absolute Gasteiger partial charge is 0.243 e. The Bertz CT molecular complexity index is 152. The van der Waals surface area contributed by atoms with Crippen LogP contribution in [0.5, 0.6) is 0 Å². The summed E-state index contributed by atoms with van der Waals surface area (Å²) in [5, 5.41) is 0. The van der Waals surface area contributed by atoms with Crippen molar-refractivity contribution < 1.29 is 14.1 Å². The van der Waals surface area contributed by atoms with Crippen LogP contribution in [0.3, 0.4) is 0 Å². The largest absolute Gasteiger partial charge is 0.329 e. The lowest BCUT2D eigenvalue weighted by Crippen LogP contribution is -2.39. The van der Waals surface area contributed by atoms with Crippen molar-refractivity contribution in [1.82, 2.24) is 5.48 Å². The molecule has 78 valence electrons. The highest BCUT2D eigenvalue weighted by atomic mass is 16.6. The minimum absolute atomic E-state index is 0.0380. The van der Waals surface area contributed by atoms with Crippen molar-refractivity contribution in [2.45, 2.75) is 19.8 Å².